The van der Waals surface area contributed by atoms with Crippen molar-refractivity contribution in [2.45, 2.75) is 37.5 Å². The Balaban J connectivity index is 1.53. The van der Waals surface area contributed by atoms with Crippen molar-refractivity contribution in [1.29, 1.82) is 5.41 Å². The Morgan fingerprint density at radius 3 is 2.53 bits per heavy atom. The Morgan fingerprint density at radius 1 is 1.14 bits per heavy atom. The summed E-state index contributed by atoms with van der Waals surface area (Å²) in [4.78, 5) is 28.4. The van der Waals surface area contributed by atoms with E-state index >= 15 is 0 Å². The first-order chi connectivity index (χ1) is 17.3. The number of likely N-dealkylation sites (tertiary alicyclic amines) is 1. The van der Waals surface area contributed by atoms with Gasteiger partial charge in [-0.1, -0.05) is 6.42 Å². The normalized spacial score (nSPS) is 19.4. The van der Waals surface area contributed by atoms with Gasteiger partial charge in [-0.2, -0.15) is 0 Å². The molecule has 0 atom stereocenters. The van der Waals surface area contributed by atoms with Gasteiger partial charge in [-0.25, -0.2) is 8.78 Å². The summed E-state index contributed by atoms with van der Waals surface area (Å²) in [6.45, 7) is 1.69. The smallest absolute Gasteiger partial charge is 0.235 e. The standard InChI is InChI=1S/C27H29F2N5O2/c1-34-11-6-16(7-12-34)25(35)32-23-14-17(13-19-24(23)33-26(36)27(19)8-2-9-27)21(5-10-30)31-22-4-3-18(28)15-20(22)29/h3-5,10,13-16,30-31H,2,6-9,11-12H2,1H3,(H,32,35)(H,33,36)/b21-5-,30-10?. The number of rotatable bonds is 6. The van der Waals surface area contributed by atoms with Gasteiger partial charge in [0.25, 0.3) is 0 Å². The second kappa shape index (κ2) is 9.46. The minimum Gasteiger partial charge on any atom is -0.353 e. The van der Waals surface area contributed by atoms with Crippen LogP contribution in [-0.4, -0.2) is 43.1 Å². The third-order valence-corrected chi connectivity index (χ3v) is 7.64. The minimum absolute atomic E-state index is 0.0504. The first-order valence-electron chi connectivity index (χ1n) is 12.2. The van der Waals surface area contributed by atoms with Crippen molar-refractivity contribution in [2.75, 3.05) is 36.1 Å². The van der Waals surface area contributed by atoms with E-state index in [1.165, 1.54) is 12.1 Å². The van der Waals surface area contributed by atoms with Crippen molar-refractivity contribution in [1.82, 2.24) is 4.90 Å². The van der Waals surface area contributed by atoms with Gasteiger partial charge in [0.05, 0.1) is 22.5 Å². The van der Waals surface area contributed by atoms with Crippen LogP contribution in [0.5, 0.6) is 0 Å². The zero-order chi connectivity index (χ0) is 25.4. The first kappa shape index (κ1) is 24.1. The summed E-state index contributed by atoms with van der Waals surface area (Å²) in [5.74, 6) is -1.76. The Morgan fingerprint density at radius 2 is 1.89 bits per heavy atom. The number of nitrogens with one attached hydrogen (secondary N) is 4. The van der Waals surface area contributed by atoms with Gasteiger partial charge in [0, 0.05) is 29.5 Å². The number of carbonyl (C=O) groups excluding carboxylic acids is 2. The molecule has 4 N–H and O–H groups in total. The van der Waals surface area contributed by atoms with Gasteiger partial charge in [0.2, 0.25) is 11.8 Å². The molecule has 0 aromatic heterocycles. The summed E-state index contributed by atoms with van der Waals surface area (Å²) in [6.07, 6.45) is 6.38. The topological polar surface area (TPSA) is 97.3 Å². The Labute approximate surface area is 208 Å². The fourth-order valence-corrected chi connectivity index (χ4v) is 5.33. The van der Waals surface area contributed by atoms with Crippen LogP contribution < -0.4 is 16.0 Å². The molecule has 1 saturated carbocycles. The molecule has 36 heavy (non-hydrogen) atoms. The third-order valence-electron chi connectivity index (χ3n) is 7.64. The van der Waals surface area contributed by atoms with Gasteiger partial charge in [-0.3, -0.25) is 9.59 Å². The molecule has 3 aliphatic rings. The van der Waals surface area contributed by atoms with E-state index in [9.17, 15) is 18.4 Å². The van der Waals surface area contributed by atoms with Crippen molar-refractivity contribution in [2.24, 2.45) is 5.92 Å². The van der Waals surface area contributed by atoms with Crippen LogP contribution in [-0.2, 0) is 15.0 Å². The third kappa shape index (κ3) is 4.28. The van der Waals surface area contributed by atoms with E-state index in [-0.39, 0.29) is 23.4 Å². The van der Waals surface area contributed by atoms with Crippen molar-refractivity contribution >= 4 is 40.8 Å². The number of fused-ring (bicyclic) bond motifs is 2. The molecule has 5 rings (SSSR count). The van der Waals surface area contributed by atoms with E-state index in [1.54, 1.807) is 6.07 Å². The number of hydrogen-bond donors (Lipinski definition) is 4. The largest absolute Gasteiger partial charge is 0.353 e. The first-order valence-corrected chi connectivity index (χ1v) is 12.2. The molecule has 0 radical (unpaired) electrons. The number of hydrogen-bond acceptors (Lipinski definition) is 5. The monoisotopic (exact) mass is 493 g/mol. The average Bonchev–Trinajstić information content (AvgIpc) is 3.13. The highest BCUT2D eigenvalue weighted by atomic mass is 19.1. The second-order valence-corrected chi connectivity index (χ2v) is 9.90. The molecule has 2 amide bonds. The lowest BCUT2D eigenvalue weighted by Gasteiger charge is -2.36. The number of benzene rings is 2. The summed E-state index contributed by atoms with van der Waals surface area (Å²) in [5.41, 5.74) is 2.27. The van der Waals surface area contributed by atoms with Gasteiger partial charge >= 0.3 is 0 Å². The lowest BCUT2D eigenvalue weighted by Crippen LogP contribution is -2.40. The lowest BCUT2D eigenvalue weighted by molar-refractivity contribution is -0.123. The summed E-state index contributed by atoms with van der Waals surface area (Å²) >= 11 is 0. The van der Waals surface area contributed by atoms with Gasteiger partial charge in [0.15, 0.2) is 0 Å². The Bertz CT molecular complexity index is 1260. The van der Waals surface area contributed by atoms with Gasteiger partial charge in [-0.05, 0) is 81.7 Å². The second-order valence-electron chi connectivity index (χ2n) is 9.90. The van der Waals surface area contributed by atoms with Crippen LogP contribution >= 0.6 is 0 Å². The van der Waals surface area contributed by atoms with E-state index in [0.717, 1.165) is 56.3 Å². The van der Waals surface area contributed by atoms with Crippen molar-refractivity contribution in [3.8, 4) is 0 Å². The van der Waals surface area contributed by atoms with Crippen LogP contribution in [0.2, 0.25) is 0 Å². The Hall–Kier alpha value is -3.59. The number of allylic oxidation sites excluding steroid dienone is 1. The molecule has 7 nitrogen and oxygen atoms in total. The average molecular weight is 494 g/mol. The maximum absolute atomic E-state index is 14.4. The molecule has 188 valence electrons. The highest BCUT2D eigenvalue weighted by Crippen LogP contribution is 2.53. The summed E-state index contributed by atoms with van der Waals surface area (Å²) in [7, 11) is 2.03. The molecule has 2 heterocycles. The lowest BCUT2D eigenvalue weighted by atomic mass is 9.65. The number of nitrogens with zero attached hydrogens (tertiary/aromatic N) is 1. The fraction of sp³-hybridized carbons (Fsp3) is 0.370. The molecule has 2 fully saturated rings. The maximum atomic E-state index is 14.4. The molecule has 2 aromatic carbocycles. The molecule has 9 heteroatoms. The van der Waals surface area contributed by atoms with Crippen LogP contribution in [0.3, 0.4) is 0 Å². The van der Waals surface area contributed by atoms with Crippen LogP contribution in [0.25, 0.3) is 5.70 Å². The SMILES string of the molecule is CN1CCC(C(=O)Nc2cc(/C(=C/C=N)Nc3ccc(F)cc3F)cc3c2NC(=O)C32CCC2)CC1. The van der Waals surface area contributed by atoms with Gasteiger partial charge in [0.1, 0.15) is 11.6 Å². The molecule has 1 aliphatic carbocycles. The number of piperidine rings is 1. The number of halogens is 2. The zero-order valence-corrected chi connectivity index (χ0v) is 20.1. The predicted octanol–water partition coefficient (Wildman–Crippen LogP) is 4.72. The number of amides is 2. The minimum atomic E-state index is -0.768. The van der Waals surface area contributed by atoms with E-state index in [4.69, 9.17) is 5.41 Å². The van der Waals surface area contributed by atoms with E-state index in [2.05, 4.69) is 20.9 Å². The molecular weight excluding hydrogens is 464 g/mol. The maximum Gasteiger partial charge on any atom is 0.235 e. The highest BCUT2D eigenvalue weighted by Gasteiger charge is 2.52. The predicted molar refractivity (Wildman–Crippen MR) is 136 cm³/mol. The number of carbonyl (C=O) groups is 2. The van der Waals surface area contributed by atoms with Crippen LogP contribution in [0.15, 0.2) is 36.4 Å². The molecule has 1 spiro atoms. The van der Waals surface area contributed by atoms with Crippen LogP contribution in [0.1, 0.15) is 43.2 Å². The van der Waals surface area contributed by atoms with Gasteiger partial charge in [-0.15, -0.1) is 0 Å². The van der Waals surface area contributed by atoms with Crippen LogP contribution in [0.4, 0.5) is 25.8 Å². The molecular formula is C27H29F2N5O2. The summed E-state index contributed by atoms with van der Waals surface area (Å²) in [6, 6.07) is 6.81. The molecule has 1 saturated heterocycles. The van der Waals surface area contributed by atoms with Crippen molar-refractivity contribution < 1.29 is 18.4 Å². The molecule has 0 unspecified atom stereocenters. The van der Waals surface area contributed by atoms with Gasteiger partial charge < -0.3 is 26.3 Å². The van der Waals surface area contributed by atoms with Crippen molar-refractivity contribution in [3.05, 3.63) is 59.2 Å². The summed E-state index contributed by atoms with van der Waals surface area (Å²) < 4.78 is 27.8. The van der Waals surface area contributed by atoms with E-state index in [1.807, 2.05) is 13.1 Å². The molecule has 2 aromatic rings. The Kier molecular flexibility index (Phi) is 6.34. The highest BCUT2D eigenvalue weighted by molar-refractivity contribution is 6.12. The van der Waals surface area contributed by atoms with Crippen molar-refractivity contribution in [3.63, 3.8) is 0 Å². The van der Waals surface area contributed by atoms with E-state index in [0.29, 0.717) is 35.5 Å². The van der Waals surface area contributed by atoms with Crippen LogP contribution in [0, 0.1) is 23.0 Å². The summed E-state index contributed by atoms with van der Waals surface area (Å²) in [5, 5.41) is 16.6. The van der Waals surface area contributed by atoms with E-state index < -0.39 is 17.0 Å². The quantitative estimate of drug-likeness (QED) is 0.438. The number of anilines is 3. The molecule has 0 bridgehead atoms. The fourth-order valence-electron chi connectivity index (χ4n) is 5.33. The molecule has 2 aliphatic heterocycles. The zero-order valence-electron chi connectivity index (χ0n) is 20.1.